The van der Waals surface area contributed by atoms with Gasteiger partial charge in [-0.25, -0.2) is 9.78 Å². The third-order valence-corrected chi connectivity index (χ3v) is 6.06. The molecule has 4 atom stereocenters. The summed E-state index contributed by atoms with van der Waals surface area (Å²) in [5.41, 5.74) is 17.3. The van der Waals surface area contributed by atoms with E-state index >= 15 is 0 Å². The van der Waals surface area contributed by atoms with Gasteiger partial charge in [0.15, 0.2) is 5.96 Å². The Bertz CT molecular complexity index is 987. The van der Waals surface area contributed by atoms with Crippen molar-refractivity contribution in [1.29, 1.82) is 0 Å². The summed E-state index contributed by atoms with van der Waals surface area (Å²) in [5.74, 6) is -4.41. The highest BCUT2D eigenvalue weighted by Crippen LogP contribution is 2.07. The smallest absolute Gasteiger partial charge is 0.326 e. The molecule has 1 rings (SSSR count). The Labute approximate surface area is 229 Å². The van der Waals surface area contributed by atoms with Crippen LogP contribution in [-0.2, 0) is 30.4 Å². The lowest BCUT2D eigenvalue weighted by molar-refractivity contribution is -0.143. The number of carboxylic acids is 2. The van der Waals surface area contributed by atoms with E-state index in [1.807, 2.05) is 0 Å². The summed E-state index contributed by atoms with van der Waals surface area (Å²) in [7, 11) is 0. The predicted octanol–water partition coefficient (Wildman–Crippen LogP) is -2.51. The number of nitrogens with one attached hydrogen (secondary N) is 4. The number of carbonyl (C=O) groups excluding carboxylic acids is 3. The van der Waals surface area contributed by atoms with Crippen LogP contribution in [0.15, 0.2) is 17.5 Å². The van der Waals surface area contributed by atoms with Gasteiger partial charge >= 0.3 is 11.9 Å². The number of aromatic nitrogens is 2. The van der Waals surface area contributed by atoms with Crippen LogP contribution in [0, 0.1) is 0 Å². The molecule has 1 aromatic rings. The van der Waals surface area contributed by atoms with Crippen molar-refractivity contribution in [2.45, 2.75) is 62.7 Å². The lowest BCUT2D eigenvalue weighted by atomic mass is 10.1. The lowest BCUT2D eigenvalue weighted by Crippen LogP contribution is -2.57. The van der Waals surface area contributed by atoms with Crippen LogP contribution in [0.1, 0.15) is 37.8 Å². The molecule has 0 saturated carbocycles. The van der Waals surface area contributed by atoms with Crippen molar-refractivity contribution in [3.05, 3.63) is 18.2 Å². The molecule has 0 aliphatic rings. The van der Waals surface area contributed by atoms with Crippen LogP contribution in [0.4, 0.5) is 0 Å². The zero-order valence-electron chi connectivity index (χ0n) is 21.6. The van der Waals surface area contributed by atoms with Crippen molar-refractivity contribution in [3.63, 3.8) is 0 Å². The maximum absolute atomic E-state index is 13.2. The quantitative estimate of drug-likeness (QED) is 0.0473. The monoisotopic (exact) mass is 571 g/mol. The van der Waals surface area contributed by atoms with E-state index in [0.717, 1.165) is 0 Å². The van der Waals surface area contributed by atoms with Crippen LogP contribution < -0.4 is 33.2 Å². The number of carbonyl (C=O) groups is 5. The minimum absolute atomic E-state index is 0.109. The number of aliphatic imine (C=N–C) groups is 1. The second-order valence-electron chi connectivity index (χ2n) is 8.57. The molecule has 0 spiro atoms. The summed E-state index contributed by atoms with van der Waals surface area (Å²) in [6.07, 6.45) is 4.65. The normalized spacial score (nSPS) is 13.8. The maximum atomic E-state index is 13.2. The molecule has 1 heterocycles. The summed E-state index contributed by atoms with van der Waals surface area (Å²) >= 11 is 1.40. The Balaban J connectivity index is 2.99. The highest BCUT2D eigenvalue weighted by atomic mass is 32.2. The Morgan fingerprint density at radius 1 is 1.00 bits per heavy atom. The number of H-pyrrole nitrogens is 1. The van der Waals surface area contributed by atoms with E-state index in [0.29, 0.717) is 17.9 Å². The van der Waals surface area contributed by atoms with Crippen molar-refractivity contribution < 1.29 is 34.2 Å². The molecule has 3 amide bonds. The van der Waals surface area contributed by atoms with E-state index in [4.69, 9.17) is 22.3 Å². The number of hydrogen-bond donors (Lipinski definition) is 9. The molecule has 16 nitrogen and oxygen atoms in total. The van der Waals surface area contributed by atoms with Gasteiger partial charge in [-0.05, 0) is 37.7 Å². The zero-order valence-corrected chi connectivity index (χ0v) is 22.4. The zero-order chi connectivity index (χ0) is 29.4. The number of nitrogens with zero attached hydrogens (tertiary/aromatic N) is 2. The fourth-order valence-electron chi connectivity index (χ4n) is 3.35. The van der Waals surface area contributed by atoms with Crippen LogP contribution in [0.25, 0.3) is 0 Å². The van der Waals surface area contributed by atoms with E-state index in [-0.39, 0.29) is 38.2 Å². The number of nitrogens with two attached hydrogens (primary N) is 3. The van der Waals surface area contributed by atoms with Crippen LogP contribution >= 0.6 is 11.8 Å². The second-order valence-corrected chi connectivity index (χ2v) is 9.56. The standard InChI is InChI=1S/C22H37N9O7S/c1-39-8-6-15(20(36)31-16(21(37)38)4-5-17(32)33)30-19(35)14(3-2-7-27-22(24)25)29-18(34)13(23)9-12-10-26-11-28-12/h10-11,13-16H,2-9,23H2,1H3,(H,26,28)(H,29,34)(H,30,35)(H,31,36)(H,32,33)(H,37,38)(H4,24,25,27). The Kier molecular flexibility index (Phi) is 15.0. The second kappa shape index (κ2) is 17.6. The molecular formula is C22H37N9O7S. The van der Waals surface area contributed by atoms with Crippen LogP contribution in [0.2, 0.25) is 0 Å². The maximum Gasteiger partial charge on any atom is 0.326 e. The molecule has 12 N–H and O–H groups in total. The number of thioether (sulfide) groups is 1. The fraction of sp³-hybridized carbons (Fsp3) is 0.591. The van der Waals surface area contributed by atoms with Gasteiger partial charge < -0.3 is 48.3 Å². The molecule has 39 heavy (non-hydrogen) atoms. The third-order valence-electron chi connectivity index (χ3n) is 5.41. The summed E-state index contributed by atoms with van der Waals surface area (Å²) in [6.45, 7) is 0.183. The van der Waals surface area contributed by atoms with Crippen molar-refractivity contribution in [2.75, 3.05) is 18.6 Å². The molecule has 0 saturated heterocycles. The summed E-state index contributed by atoms with van der Waals surface area (Å²) < 4.78 is 0. The van der Waals surface area contributed by atoms with Gasteiger partial charge in [0.25, 0.3) is 0 Å². The molecule has 0 aliphatic heterocycles. The molecule has 0 aromatic carbocycles. The Hall–Kier alpha value is -3.86. The first-order chi connectivity index (χ1) is 18.4. The number of imidazole rings is 1. The highest BCUT2D eigenvalue weighted by molar-refractivity contribution is 7.98. The van der Waals surface area contributed by atoms with Crippen molar-refractivity contribution >= 4 is 47.4 Å². The van der Waals surface area contributed by atoms with Crippen LogP contribution in [0.5, 0.6) is 0 Å². The molecule has 1 aromatic heterocycles. The van der Waals surface area contributed by atoms with E-state index < -0.39 is 60.2 Å². The van der Waals surface area contributed by atoms with Crippen LogP contribution in [0.3, 0.4) is 0 Å². The average Bonchev–Trinajstić information content (AvgIpc) is 3.38. The van der Waals surface area contributed by atoms with Crippen molar-refractivity contribution in [2.24, 2.45) is 22.2 Å². The number of hydrogen-bond acceptors (Lipinski definition) is 9. The molecule has 0 radical (unpaired) electrons. The predicted molar refractivity (Wildman–Crippen MR) is 143 cm³/mol. The Morgan fingerprint density at radius 2 is 1.62 bits per heavy atom. The van der Waals surface area contributed by atoms with Gasteiger partial charge in [0.1, 0.15) is 18.1 Å². The summed E-state index contributed by atoms with van der Waals surface area (Å²) in [5, 5.41) is 25.7. The summed E-state index contributed by atoms with van der Waals surface area (Å²) in [4.78, 5) is 71.8. The third kappa shape index (κ3) is 13.5. The molecule has 0 aliphatic carbocycles. The largest absolute Gasteiger partial charge is 0.481 e. The molecule has 218 valence electrons. The number of amides is 3. The van der Waals surface area contributed by atoms with E-state index in [2.05, 4.69) is 30.9 Å². The van der Waals surface area contributed by atoms with Gasteiger partial charge in [0.05, 0.1) is 12.4 Å². The molecule has 4 unspecified atom stereocenters. The topological polar surface area (TPSA) is 281 Å². The number of carboxylic acid groups (broad SMARTS) is 2. The number of guanidine groups is 1. The van der Waals surface area contributed by atoms with E-state index in [9.17, 15) is 29.1 Å². The van der Waals surface area contributed by atoms with Gasteiger partial charge in [-0.15, -0.1) is 0 Å². The SMILES string of the molecule is CSCCC(NC(=O)C(CCCN=C(N)N)NC(=O)C(N)Cc1cnc[nH]1)C(=O)NC(CCC(=O)O)C(=O)O. The Morgan fingerprint density at radius 3 is 2.15 bits per heavy atom. The van der Waals surface area contributed by atoms with E-state index in [1.54, 1.807) is 6.26 Å². The first-order valence-electron chi connectivity index (χ1n) is 12.1. The molecule has 0 fully saturated rings. The molecular weight excluding hydrogens is 534 g/mol. The molecule has 0 bridgehead atoms. The van der Waals surface area contributed by atoms with Gasteiger partial charge in [-0.1, -0.05) is 0 Å². The lowest BCUT2D eigenvalue weighted by Gasteiger charge is -2.25. The first kappa shape index (κ1) is 33.2. The van der Waals surface area contributed by atoms with Gasteiger partial charge in [0.2, 0.25) is 17.7 Å². The minimum atomic E-state index is -1.46. The first-order valence-corrected chi connectivity index (χ1v) is 13.5. The summed E-state index contributed by atoms with van der Waals surface area (Å²) in [6, 6.07) is -4.71. The van der Waals surface area contributed by atoms with Crippen molar-refractivity contribution in [3.8, 4) is 0 Å². The van der Waals surface area contributed by atoms with Crippen LogP contribution in [-0.4, -0.2) is 98.5 Å². The number of rotatable bonds is 19. The number of aliphatic carboxylic acids is 2. The highest BCUT2D eigenvalue weighted by Gasteiger charge is 2.30. The van der Waals surface area contributed by atoms with Gasteiger partial charge in [-0.2, -0.15) is 11.8 Å². The van der Waals surface area contributed by atoms with Crippen molar-refractivity contribution in [1.82, 2.24) is 25.9 Å². The fourth-order valence-corrected chi connectivity index (χ4v) is 3.82. The van der Waals surface area contributed by atoms with Gasteiger partial charge in [0, 0.05) is 31.3 Å². The van der Waals surface area contributed by atoms with Gasteiger partial charge in [-0.3, -0.25) is 24.2 Å². The average molecular weight is 572 g/mol. The molecule has 17 heteroatoms. The van der Waals surface area contributed by atoms with E-state index in [1.165, 1.54) is 24.3 Å². The minimum Gasteiger partial charge on any atom is -0.481 e. The number of aromatic amines is 1.